The number of aromatic nitrogens is 3. The second kappa shape index (κ2) is 8.40. The van der Waals surface area contributed by atoms with Crippen LogP contribution in [-0.2, 0) is 0 Å². The minimum Gasteiger partial charge on any atom is -0.497 e. The Morgan fingerprint density at radius 3 is 2.54 bits per heavy atom. The molecule has 0 amide bonds. The van der Waals surface area contributed by atoms with E-state index in [2.05, 4.69) is 15.2 Å². The molecule has 124 valence electrons. The topological polar surface area (TPSA) is 60.0 Å². The number of ether oxygens (including phenoxy) is 2. The average molecular weight is 341 g/mol. The molecule has 0 fully saturated rings. The van der Waals surface area contributed by atoms with Gasteiger partial charge in [0.2, 0.25) is 5.16 Å². The summed E-state index contributed by atoms with van der Waals surface area (Å²) >= 11 is 1.62. The van der Waals surface area contributed by atoms with Gasteiger partial charge in [-0.2, -0.15) is 0 Å². The molecular formula is C18H19N3O2S. The molecular weight excluding hydrogens is 322 g/mol. The lowest BCUT2D eigenvalue weighted by molar-refractivity contribution is 0.318. The van der Waals surface area contributed by atoms with Gasteiger partial charge in [0.15, 0.2) is 5.82 Å². The smallest absolute Gasteiger partial charge is 0.208 e. The van der Waals surface area contributed by atoms with Crippen LogP contribution in [0.3, 0.4) is 0 Å². The fraction of sp³-hybridized carbons (Fsp3) is 0.222. The molecule has 3 rings (SSSR count). The normalized spacial score (nSPS) is 10.5. The van der Waals surface area contributed by atoms with Crippen LogP contribution in [0, 0.1) is 0 Å². The molecule has 0 spiro atoms. The fourth-order valence-electron chi connectivity index (χ4n) is 2.12. The first kappa shape index (κ1) is 16.4. The first-order chi connectivity index (χ1) is 11.8. The van der Waals surface area contributed by atoms with Crippen molar-refractivity contribution in [1.82, 2.24) is 15.2 Å². The van der Waals surface area contributed by atoms with Crippen molar-refractivity contribution in [2.24, 2.45) is 0 Å². The lowest BCUT2D eigenvalue weighted by atomic mass is 10.2. The average Bonchev–Trinajstić information content (AvgIpc) is 3.11. The van der Waals surface area contributed by atoms with Crippen LogP contribution in [0.5, 0.6) is 11.5 Å². The van der Waals surface area contributed by atoms with Crippen LogP contribution in [0.1, 0.15) is 6.42 Å². The molecule has 0 saturated carbocycles. The highest BCUT2D eigenvalue weighted by atomic mass is 32.2. The van der Waals surface area contributed by atoms with E-state index in [0.29, 0.717) is 6.61 Å². The zero-order chi connectivity index (χ0) is 16.6. The Labute approximate surface area is 145 Å². The van der Waals surface area contributed by atoms with Crippen LogP contribution < -0.4 is 9.47 Å². The van der Waals surface area contributed by atoms with Gasteiger partial charge in [-0.1, -0.05) is 30.0 Å². The summed E-state index contributed by atoms with van der Waals surface area (Å²) in [5.74, 6) is 3.40. The molecule has 0 radical (unpaired) electrons. The molecule has 0 aliphatic heterocycles. The highest BCUT2D eigenvalue weighted by Gasteiger charge is 2.06. The molecule has 0 atom stereocenters. The summed E-state index contributed by atoms with van der Waals surface area (Å²) in [4.78, 5) is 4.51. The van der Waals surface area contributed by atoms with Crippen molar-refractivity contribution in [2.75, 3.05) is 19.5 Å². The molecule has 1 N–H and O–H groups in total. The standard InChI is InChI=1S/C18H19N3O2S/c1-22-15-10-8-14(9-11-15)17-19-18(21-20-17)24-13-5-12-23-16-6-3-2-4-7-16/h2-4,6-11H,5,12-13H2,1H3,(H,19,20,21). The van der Waals surface area contributed by atoms with Crippen molar-refractivity contribution in [3.8, 4) is 22.9 Å². The van der Waals surface area contributed by atoms with Gasteiger partial charge in [-0.25, -0.2) is 4.98 Å². The lowest BCUT2D eigenvalue weighted by Gasteiger charge is -2.04. The second-order valence-electron chi connectivity index (χ2n) is 5.06. The van der Waals surface area contributed by atoms with Gasteiger partial charge >= 0.3 is 0 Å². The summed E-state index contributed by atoms with van der Waals surface area (Å²) in [6, 6.07) is 17.6. The van der Waals surface area contributed by atoms with Crippen molar-refractivity contribution in [1.29, 1.82) is 0 Å². The fourth-order valence-corrected chi connectivity index (χ4v) is 2.83. The van der Waals surface area contributed by atoms with Gasteiger partial charge in [-0.15, -0.1) is 5.10 Å². The number of nitrogens with one attached hydrogen (secondary N) is 1. The van der Waals surface area contributed by atoms with E-state index in [-0.39, 0.29) is 0 Å². The Hall–Kier alpha value is -2.47. The van der Waals surface area contributed by atoms with Gasteiger partial charge in [-0.3, -0.25) is 5.10 Å². The van der Waals surface area contributed by atoms with Crippen LogP contribution in [-0.4, -0.2) is 34.7 Å². The number of para-hydroxylation sites is 1. The maximum atomic E-state index is 5.67. The molecule has 2 aromatic carbocycles. The van der Waals surface area contributed by atoms with Gasteiger partial charge < -0.3 is 9.47 Å². The number of rotatable bonds is 8. The Kier molecular flexibility index (Phi) is 5.74. The van der Waals surface area contributed by atoms with Crippen LogP contribution in [0.15, 0.2) is 59.8 Å². The Morgan fingerprint density at radius 2 is 1.79 bits per heavy atom. The number of hydrogen-bond donors (Lipinski definition) is 1. The zero-order valence-electron chi connectivity index (χ0n) is 13.4. The van der Waals surface area contributed by atoms with Crippen LogP contribution >= 0.6 is 11.8 Å². The molecule has 1 aromatic heterocycles. The highest BCUT2D eigenvalue weighted by Crippen LogP contribution is 2.22. The largest absolute Gasteiger partial charge is 0.497 e. The number of thioether (sulfide) groups is 1. The van der Waals surface area contributed by atoms with Gasteiger partial charge in [0.05, 0.1) is 13.7 Å². The summed E-state index contributed by atoms with van der Waals surface area (Å²) in [5, 5.41) is 7.97. The number of H-pyrrole nitrogens is 1. The van der Waals surface area contributed by atoms with E-state index in [0.717, 1.165) is 40.2 Å². The Morgan fingerprint density at radius 1 is 1.00 bits per heavy atom. The Bertz CT molecular complexity index is 744. The lowest BCUT2D eigenvalue weighted by Crippen LogP contribution is -1.98. The monoisotopic (exact) mass is 341 g/mol. The summed E-state index contributed by atoms with van der Waals surface area (Å²) in [5.41, 5.74) is 0.988. The minimum absolute atomic E-state index is 0.687. The van der Waals surface area contributed by atoms with E-state index in [9.17, 15) is 0 Å². The van der Waals surface area contributed by atoms with Crippen LogP contribution in [0.4, 0.5) is 0 Å². The maximum absolute atomic E-state index is 5.67. The first-order valence-electron chi connectivity index (χ1n) is 7.72. The molecule has 0 bridgehead atoms. The molecule has 0 aliphatic carbocycles. The molecule has 0 unspecified atom stereocenters. The summed E-state index contributed by atoms with van der Waals surface area (Å²) < 4.78 is 10.8. The summed E-state index contributed by atoms with van der Waals surface area (Å²) in [6.45, 7) is 0.687. The molecule has 0 aliphatic rings. The van der Waals surface area contributed by atoms with E-state index in [1.54, 1.807) is 18.9 Å². The van der Waals surface area contributed by atoms with Gasteiger partial charge in [0.1, 0.15) is 11.5 Å². The molecule has 1 heterocycles. The number of nitrogens with zero attached hydrogens (tertiary/aromatic N) is 2. The highest BCUT2D eigenvalue weighted by molar-refractivity contribution is 7.99. The van der Waals surface area contributed by atoms with Crippen molar-refractivity contribution < 1.29 is 9.47 Å². The van der Waals surface area contributed by atoms with Crippen molar-refractivity contribution >= 4 is 11.8 Å². The van der Waals surface area contributed by atoms with E-state index >= 15 is 0 Å². The predicted octanol–water partition coefficient (Wildman–Crippen LogP) is 4.04. The molecule has 0 saturated heterocycles. The summed E-state index contributed by atoms with van der Waals surface area (Å²) in [6.07, 6.45) is 0.936. The van der Waals surface area contributed by atoms with Crippen LogP contribution in [0.2, 0.25) is 0 Å². The van der Waals surface area contributed by atoms with Crippen molar-refractivity contribution in [2.45, 2.75) is 11.6 Å². The zero-order valence-corrected chi connectivity index (χ0v) is 14.3. The predicted molar refractivity (Wildman–Crippen MR) is 95.6 cm³/mol. The quantitative estimate of drug-likeness (QED) is 0.495. The molecule has 3 aromatic rings. The SMILES string of the molecule is COc1ccc(-c2nc(SCCCOc3ccccc3)n[nH]2)cc1. The van der Waals surface area contributed by atoms with Gasteiger partial charge in [0.25, 0.3) is 0 Å². The molecule has 6 heteroatoms. The van der Waals surface area contributed by atoms with E-state index in [1.165, 1.54) is 0 Å². The third-order valence-corrected chi connectivity index (χ3v) is 4.29. The van der Waals surface area contributed by atoms with Gasteiger partial charge in [-0.05, 0) is 42.8 Å². The number of benzene rings is 2. The number of methoxy groups -OCH3 is 1. The van der Waals surface area contributed by atoms with Crippen LogP contribution in [0.25, 0.3) is 11.4 Å². The minimum atomic E-state index is 0.687. The van der Waals surface area contributed by atoms with Gasteiger partial charge in [0, 0.05) is 11.3 Å². The number of aromatic amines is 1. The molecule has 5 nitrogen and oxygen atoms in total. The van der Waals surface area contributed by atoms with E-state index in [4.69, 9.17) is 9.47 Å². The molecule has 24 heavy (non-hydrogen) atoms. The number of hydrogen-bond acceptors (Lipinski definition) is 5. The van der Waals surface area contributed by atoms with E-state index < -0.39 is 0 Å². The van der Waals surface area contributed by atoms with E-state index in [1.807, 2.05) is 54.6 Å². The second-order valence-corrected chi connectivity index (χ2v) is 6.12. The third-order valence-electron chi connectivity index (χ3n) is 3.36. The summed E-state index contributed by atoms with van der Waals surface area (Å²) in [7, 11) is 1.65. The third kappa shape index (κ3) is 4.52. The Balaban J connectivity index is 1.44. The maximum Gasteiger partial charge on any atom is 0.208 e. The van der Waals surface area contributed by atoms with Crippen molar-refractivity contribution in [3.05, 3.63) is 54.6 Å². The van der Waals surface area contributed by atoms with Crippen molar-refractivity contribution in [3.63, 3.8) is 0 Å². The first-order valence-corrected chi connectivity index (χ1v) is 8.71.